The van der Waals surface area contributed by atoms with Gasteiger partial charge in [-0.2, -0.15) is 0 Å². The summed E-state index contributed by atoms with van der Waals surface area (Å²) in [4.78, 5) is 48.8. The van der Waals surface area contributed by atoms with Crippen LogP contribution in [0.25, 0.3) is 43.6 Å². The first-order valence-electron chi connectivity index (χ1n) is 22.6. The van der Waals surface area contributed by atoms with Crippen molar-refractivity contribution in [2.45, 2.75) is 105 Å². The summed E-state index contributed by atoms with van der Waals surface area (Å²) >= 11 is 0. The monoisotopic (exact) mass is 882 g/mol. The maximum atomic E-state index is 14.6. The standard InChI is InChI=1S/C55H62N8O3/c1-52(2,3)31-23-37-39-25-33(54(7,8)9)29-43(47(39)62-45(37)41(27-31)58-49(64)56-35-19-15-13-16-20-35)60-51(66)61-44-30-34(55(10,11)12)26-40-38-24-32(53(4,5)6)28-42(46(38)63-48(40)44)59-50(65)57-36-21-17-14-18-22-36/h13-30,62-63H,1-12H3,(H2,56,58,64)(H2,57,59,65)(H2,60,61,66). The first-order chi connectivity index (χ1) is 30.9. The number of hydrogen-bond acceptors (Lipinski definition) is 3. The molecule has 8 rings (SSSR count). The maximum absolute atomic E-state index is 14.6. The van der Waals surface area contributed by atoms with E-state index in [1.54, 1.807) is 0 Å². The van der Waals surface area contributed by atoms with Crippen molar-refractivity contribution in [1.29, 1.82) is 0 Å². The smallest absolute Gasteiger partial charge is 0.323 e. The molecule has 340 valence electrons. The minimum Gasteiger partial charge on any atom is -0.351 e. The highest BCUT2D eigenvalue weighted by Gasteiger charge is 2.26. The molecule has 6 aromatic carbocycles. The number of anilines is 6. The molecule has 11 heteroatoms. The quantitative estimate of drug-likeness (QED) is 0.0838. The number of hydrogen-bond donors (Lipinski definition) is 8. The predicted molar refractivity (Wildman–Crippen MR) is 277 cm³/mol. The fourth-order valence-electron chi connectivity index (χ4n) is 8.22. The van der Waals surface area contributed by atoms with Crippen LogP contribution in [0.1, 0.15) is 105 Å². The Labute approximate surface area is 386 Å². The van der Waals surface area contributed by atoms with E-state index < -0.39 is 6.03 Å². The largest absolute Gasteiger partial charge is 0.351 e. The van der Waals surface area contributed by atoms with Crippen LogP contribution >= 0.6 is 0 Å². The van der Waals surface area contributed by atoms with Crippen LogP contribution in [0.3, 0.4) is 0 Å². The fourth-order valence-corrected chi connectivity index (χ4v) is 8.22. The fraction of sp³-hybridized carbons (Fsp3) is 0.291. The number of nitrogens with one attached hydrogen (secondary N) is 8. The molecule has 2 aromatic heterocycles. The molecule has 0 aliphatic rings. The summed E-state index contributed by atoms with van der Waals surface area (Å²) in [5, 5.41) is 22.3. The van der Waals surface area contributed by atoms with Gasteiger partial charge in [0.2, 0.25) is 0 Å². The molecule has 0 saturated heterocycles. The summed E-state index contributed by atoms with van der Waals surface area (Å²) in [6.07, 6.45) is 0. The molecular formula is C55H62N8O3. The van der Waals surface area contributed by atoms with Gasteiger partial charge in [0, 0.05) is 32.9 Å². The number of aromatic amines is 2. The van der Waals surface area contributed by atoms with Crippen molar-refractivity contribution in [1.82, 2.24) is 9.97 Å². The summed E-state index contributed by atoms with van der Waals surface area (Å²) in [6, 6.07) is 34.3. The number of rotatable bonds is 6. The average Bonchev–Trinajstić information content (AvgIpc) is 3.80. The Morgan fingerprint density at radius 2 is 0.561 bits per heavy atom. The molecule has 66 heavy (non-hydrogen) atoms. The number of benzene rings is 6. The topological polar surface area (TPSA) is 155 Å². The molecule has 0 fully saturated rings. The van der Waals surface area contributed by atoms with Gasteiger partial charge in [0.05, 0.1) is 44.8 Å². The van der Waals surface area contributed by atoms with Crippen molar-refractivity contribution in [2.75, 3.05) is 31.9 Å². The van der Waals surface area contributed by atoms with Gasteiger partial charge in [0.15, 0.2) is 0 Å². The zero-order valence-corrected chi connectivity index (χ0v) is 40.1. The van der Waals surface area contributed by atoms with Crippen LogP contribution < -0.4 is 31.9 Å². The number of fused-ring (bicyclic) bond motifs is 6. The SMILES string of the molecule is CC(C)(C)c1cc(NC(=O)Nc2ccccc2)c2[nH]c3c(NC(=O)Nc4cc(C(C)(C)C)cc5c4[nH]c4c(NC(=O)Nc6ccccc6)cc(C(C)(C)C)cc45)cc(C(C)(C)C)cc3c2c1. The molecule has 0 radical (unpaired) electrons. The Kier molecular flexibility index (Phi) is 11.4. The Bertz CT molecular complexity index is 2960. The van der Waals surface area contributed by atoms with Gasteiger partial charge in [0.1, 0.15) is 0 Å². The third kappa shape index (κ3) is 9.42. The van der Waals surface area contributed by atoms with Crippen LogP contribution in [0, 0.1) is 0 Å². The van der Waals surface area contributed by atoms with Gasteiger partial charge in [-0.3, -0.25) is 0 Å². The lowest BCUT2D eigenvalue weighted by Gasteiger charge is -2.22. The number of urea groups is 3. The molecule has 0 aliphatic heterocycles. The van der Waals surface area contributed by atoms with Crippen molar-refractivity contribution in [3.8, 4) is 0 Å². The predicted octanol–water partition coefficient (Wildman–Crippen LogP) is 15.1. The number of H-pyrrole nitrogens is 2. The van der Waals surface area contributed by atoms with Crippen LogP contribution in [-0.2, 0) is 21.7 Å². The zero-order chi connectivity index (χ0) is 47.5. The van der Waals surface area contributed by atoms with E-state index in [0.29, 0.717) is 34.1 Å². The molecule has 0 spiro atoms. The number of amides is 6. The number of aromatic nitrogens is 2. The van der Waals surface area contributed by atoms with Crippen LogP contribution in [0.4, 0.5) is 48.5 Å². The Morgan fingerprint density at radius 3 is 0.788 bits per heavy atom. The van der Waals surface area contributed by atoms with Crippen molar-refractivity contribution < 1.29 is 14.4 Å². The molecule has 0 unspecified atom stereocenters. The van der Waals surface area contributed by atoms with E-state index in [0.717, 1.165) is 65.9 Å². The van der Waals surface area contributed by atoms with Gasteiger partial charge >= 0.3 is 18.1 Å². The average molecular weight is 883 g/mol. The first-order valence-corrected chi connectivity index (χ1v) is 22.6. The zero-order valence-electron chi connectivity index (χ0n) is 40.1. The Hall–Kier alpha value is -7.27. The minimum atomic E-state index is -0.432. The summed E-state index contributed by atoms with van der Waals surface area (Å²) in [5.41, 5.74) is 9.87. The van der Waals surface area contributed by atoms with E-state index in [4.69, 9.17) is 0 Å². The number of carbonyl (C=O) groups excluding carboxylic acids is 3. The summed E-state index contributed by atoms with van der Waals surface area (Å²) in [6.45, 7) is 25.8. The Morgan fingerprint density at radius 1 is 0.333 bits per heavy atom. The van der Waals surface area contributed by atoms with Gasteiger partial charge in [0.25, 0.3) is 0 Å². The molecule has 8 aromatic rings. The first kappa shape index (κ1) is 45.3. The highest BCUT2D eigenvalue weighted by Crippen LogP contribution is 2.43. The normalized spacial score (nSPS) is 12.4. The molecule has 0 aliphatic carbocycles. The van der Waals surface area contributed by atoms with Crippen molar-refractivity contribution in [3.05, 3.63) is 131 Å². The van der Waals surface area contributed by atoms with Crippen molar-refractivity contribution in [3.63, 3.8) is 0 Å². The van der Waals surface area contributed by atoms with Gasteiger partial charge in [-0.1, -0.05) is 119 Å². The minimum absolute atomic E-state index is 0.234. The lowest BCUT2D eigenvalue weighted by molar-refractivity contribution is 0.261. The highest BCUT2D eigenvalue weighted by atomic mass is 16.2. The van der Waals surface area contributed by atoms with E-state index in [-0.39, 0.29) is 33.7 Å². The van der Waals surface area contributed by atoms with Gasteiger partial charge in [-0.05, 0) is 117 Å². The number of para-hydroxylation sites is 2. The second-order valence-electron chi connectivity index (χ2n) is 21.5. The number of carbonyl (C=O) groups is 3. The second kappa shape index (κ2) is 16.6. The second-order valence-corrected chi connectivity index (χ2v) is 21.5. The summed E-state index contributed by atoms with van der Waals surface area (Å²) in [7, 11) is 0. The van der Waals surface area contributed by atoms with Crippen molar-refractivity contribution in [2.24, 2.45) is 0 Å². The lowest BCUT2D eigenvalue weighted by Crippen LogP contribution is -2.21. The van der Waals surface area contributed by atoms with Crippen molar-refractivity contribution >= 4 is 95.8 Å². The molecule has 0 saturated carbocycles. The third-order valence-electron chi connectivity index (χ3n) is 12.2. The van der Waals surface area contributed by atoms with E-state index in [1.165, 1.54) is 0 Å². The van der Waals surface area contributed by atoms with Crippen LogP contribution in [-0.4, -0.2) is 28.1 Å². The Balaban J connectivity index is 1.22. The summed E-state index contributed by atoms with van der Waals surface area (Å²) in [5.74, 6) is 0. The third-order valence-corrected chi connectivity index (χ3v) is 12.2. The highest BCUT2D eigenvalue weighted by molar-refractivity contribution is 6.21. The van der Waals surface area contributed by atoms with E-state index in [2.05, 4.69) is 149 Å². The molecule has 6 amide bonds. The lowest BCUT2D eigenvalue weighted by atomic mass is 9.84. The van der Waals surface area contributed by atoms with Gasteiger partial charge in [-0.25, -0.2) is 14.4 Å². The maximum Gasteiger partial charge on any atom is 0.323 e. The molecule has 0 bridgehead atoms. The van der Waals surface area contributed by atoms with Gasteiger partial charge in [-0.15, -0.1) is 0 Å². The van der Waals surface area contributed by atoms with E-state index in [9.17, 15) is 14.4 Å². The van der Waals surface area contributed by atoms with Crippen LogP contribution in [0.2, 0.25) is 0 Å². The molecule has 2 heterocycles. The summed E-state index contributed by atoms with van der Waals surface area (Å²) < 4.78 is 0. The van der Waals surface area contributed by atoms with Crippen LogP contribution in [0.5, 0.6) is 0 Å². The van der Waals surface area contributed by atoms with Gasteiger partial charge < -0.3 is 41.9 Å². The molecule has 8 N–H and O–H groups in total. The van der Waals surface area contributed by atoms with E-state index in [1.807, 2.05) is 84.9 Å². The molecular weight excluding hydrogens is 821 g/mol. The molecule has 0 atom stereocenters. The molecule has 11 nitrogen and oxygen atoms in total. The van der Waals surface area contributed by atoms with Crippen LogP contribution in [0.15, 0.2) is 109 Å². The van der Waals surface area contributed by atoms with E-state index >= 15 is 0 Å².